The number of thiol groups is 1. The van der Waals surface area contributed by atoms with Gasteiger partial charge in [-0.25, -0.2) is 9.59 Å². The molecule has 0 saturated heterocycles. The molecule has 0 radical (unpaired) electrons. The lowest BCUT2D eigenvalue weighted by atomic mass is 10.2. The van der Waals surface area contributed by atoms with Crippen LogP contribution >= 0.6 is 12.6 Å². The van der Waals surface area contributed by atoms with Gasteiger partial charge in [0.05, 0.1) is 6.61 Å². The average molecular weight is 249 g/mol. The van der Waals surface area contributed by atoms with Gasteiger partial charge < -0.3 is 14.8 Å². The number of carbonyl (C=O) groups is 2. The fourth-order valence-electron chi connectivity index (χ4n) is 0.872. The lowest BCUT2D eigenvalue weighted by Crippen LogP contribution is -2.45. The van der Waals surface area contributed by atoms with Gasteiger partial charge in [-0.15, -0.1) is 0 Å². The van der Waals surface area contributed by atoms with E-state index in [0.717, 1.165) is 0 Å². The molecule has 0 spiro atoms. The summed E-state index contributed by atoms with van der Waals surface area (Å²) in [5.41, 5.74) is -0.597. The maximum atomic E-state index is 11.4. The summed E-state index contributed by atoms with van der Waals surface area (Å²) in [7, 11) is 0. The van der Waals surface area contributed by atoms with E-state index in [4.69, 9.17) is 9.47 Å². The predicted octanol–water partition coefficient (Wildman–Crippen LogP) is 1.37. The van der Waals surface area contributed by atoms with Crippen LogP contribution in [0, 0.1) is 0 Å². The normalized spacial score (nSPS) is 12.8. The summed E-state index contributed by atoms with van der Waals surface area (Å²) >= 11 is 3.96. The maximum Gasteiger partial charge on any atom is 0.408 e. The second-order valence-electron chi connectivity index (χ2n) is 4.13. The average Bonchev–Trinajstić information content (AvgIpc) is 2.11. The van der Waals surface area contributed by atoms with E-state index in [2.05, 4.69) is 17.9 Å². The molecule has 0 aromatic rings. The van der Waals surface area contributed by atoms with Crippen molar-refractivity contribution in [1.82, 2.24) is 5.32 Å². The summed E-state index contributed by atoms with van der Waals surface area (Å²) in [4.78, 5) is 22.7. The van der Waals surface area contributed by atoms with Crippen LogP contribution in [-0.2, 0) is 14.3 Å². The van der Waals surface area contributed by atoms with Gasteiger partial charge in [-0.05, 0) is 27.7 Å². The lowest BCUT2D eigenvalue weighted by Gasteiger charge is -2.22. The summed E-state index contributed by atoms with van der Waals surface area (Å²) in [6.45, 7) is 7.19. The standard InChI is InChI=1S/C10H19NO4S/c1-5-14-8(12)7(6-16)11-9(13)15-10(2,3)4/h7,16H,5-6H2,1-4H3,(H,11,13). The first-order valence-electron chi connectivity index (χ1n) is 5.07. The highest BCUT2D eigenvalue weighted by atomic mass is 32.1. The Labute approximate surface area is 101 Å². The molecule has 0 fully saturated rings. The van der Waals surface area contributed by atoms with Crippen LogP contribution in [0.2, 0.25) is 0 Å². The third-order valence-electron chi connectivity index (χ3n) is 1.44. The topological polar surface area (TPSA) is 64.6 Å². The van der Waals surface area contributed by atoms with Crippen molar-refractivity contribution >= 4 is 24.7 Å². The van der Waals surface area contributed by atoms with Crippen molar-refractivity contribution in [2.45, 2.75) is 39.3 Å². The fourth-order valence-corrected chi connectivity index (χ4v) is 1.11. The van der Waals surface area contributed by atoms with Crippen LogP contribution in [0.25, 0.3) is 0 Å². The van der Waals surface area contributed by atoms with E-state index in [1.807, 2.05) is 0 Å². The number of rotatable bonds is 4. The van der Waals surface area contributed by atoms with Crippen molar-refractivity contribution in [3.8, 4) is 0 Å². The van der Waals surface area contributed by atoms with Crippen LogP contribution in [0.1, 0.15) is 27.7 Å². The van der Waals surface area contributed by atoms with Crippen molar-refractivity contribution in [2.75, 3.05) is 12.4 Å². The summed E-state index contributed by atoms with van der Waals surface area (Å²) < 4.78 is 9.77. The van der Waals surface area contributed by atoms with Crippen molar-refractivity contribution in [3.63, 3.8) is 0 Å². The first-order chi connectivity index (χ1) is 7.30. The Bertz CT molecular complexity index is 250. The molecule has 1 unspecified atom stereocenters. The van der Waals surface area contributed by atoms with Gasteiger partial charge in [0.1, 0.15) is 11.6 Å². The number of carbonyl (C=O) groups excluding carboxylic acids is 2. The van der Waals surface area contributed by atoms with Crippen LogP contribution in [-0.4, -0.2) is 36.1 Å². The number of hydrogen-bond acceptors (Lipinski definition) is 5. The summed E-state index contributed by atoms with van der Waals surface area (Å²) in [5, 5.41) is 2.40. The zero-order valence-electron chi connectivity index (χ0n) is 10.1. The Morgan fingerprint density at radius 1 is 1.38 bits per heavy atom. The van der Waals surface area contributed by atoms with Crippen LogP contribution in [0.15, 0.2) is 0 Å². The number of hydrogen-bond donors (Lipinski definition) is 2. The molecule has 0 aliphatic heterocycles. The van der Waals surface area contributed by atoms with Gasteiger partial charge in [0.25, 0.3) is 0 Å². The molecule has 0 aromatic heterocycles. The number of amides is 1. The SMILES string of the molecule is CCOC(=O)C(CS)NC(=O)OC(C)(C)C. The molecule has 94 valence electrons. The monoisotopic (exact) mass is 249 g/mol. The molecule has 0 heterocycles. The molecule has 6 heteroatoms. The third-order valence-corrected chi connectivity index (χ3v) is 1.81. The molecule has 0 aliphatic carbocycles. The summed E-state index contributed by atoms with van der Waals surface area (Å²) in [6, 6.07) is -0.780. The quantitative estimate of drug-likeness (QED) is 0.583. The van der Waals surface area contributed by atoms with Crippen LogP contribution in [0.4, 0.5) is 4.79 Å². The highest BCUT2D eigenvalue weighted by molar-refractivity contribution is 7.80. The van der Waals surface area contributed by atoms with Crippen molar-refractivity contribution in [3.05, 3.63) is 0 Å². The fraction of sp³-hybridized carbons (Fsp3) is 0.800. The minimum atomic E-state index is -0.780. The molecule has 0 rings (SSSR count). The van der Waals surface area contributed by atoms with Gasteiger partial charge in [0.2, 0.25) is 0 Å². The highest BCUT2D eigenvalue weighted by Crippen LogP contribution is 2.07. The number of alkyl carbamates (subject to hydrolysis) is 1. The van der Waals surface area contributed by atoms with E-state index in [1.165, 1.54) is 0 Å². The van der Waals surface area contributed by atoms with Gasteiger partial charge >= 0.3 is 12.1 Å². The molecule has 0 bridgehead atoms. The van der Waals surface area contributed by atoms with E-state index in [9.17, 15) is 9.59 Å². The first-order valence-corrected chi connectivity index (χ1v) is 5.70. The van der Waals surface area contributed by atoms with Gasteiger partial charge in [-0.1, -0.05) is 0 Å². The zero-order chi connectivity index (χ0) is 12.8. The molecule has 0 aliphatic rings. The van der Waals surface area contributed by atoms with Gasteiger partial charge in [-0.2, -0.15) is 12.6 Å². The van der Waals surface area contributed by atoms with E-state index < -0.39 is 23.7 Å². The Balaban J connectivity index is 4.22. The highest BCUT2D eigenvalue weighted by Gasteiger charge is 2.23. The smallest absolute Gasteiger partial charge is 0.408 e. The van der Waals surface area contributed by atoms with Crippen LogP contribution in [0.3, 0.4) is 0 Å². The minimum absolute atomic E-state index is 0.165. The van der Waals surface area contributed by atoms with Gasteiger partial charge in [0, 0.05) is 5.75 Å². The van der Waals surface area contributed by atoms with Gasteiger partial charge in [0.15, 0.2) is 0 Å². The largest absolute Gasteiger partial charge is 0.464 e. The van der Waals surface area contributed by atoms with Crippen molar-refractivity contribution in [2.24, 2.45) is 0 Å². The molecule has 1 atom stereocenters. The van der Waals surface area contributed by atoms with E-state index in [-0.39, 0.29) is 12.4 Å². The molecule has 0 aromatic carbocycles. The van der Waals surface area contributed by atoms with Crippen molar-refractivity contribution in [1.29, 1.82) is 0 Å². The summed E-state index contributed by atoms with van der Waals surface area (Å²) in [5.74, 6) is -0.346. The third kappa shape index (κ3) is 6.55. The number of ether oxygens (including phenoxy) is 2. The molecule has 1 amide bonds. The zero-order valence-corrected chi connectivity index (χ0v) is 11.0. The Morgan fingerprint density at radius 2 is 1.94 bits per heavy atom. The minimum Gasteiger partial charge on any atom is -0.464 e. The van der Waals surface area contributed by atoms with E-state index in [0.29, 0.717) is 0 Å². The van der Waals surface area contributed by atoms with Crippen LogP contribution < -0.4 is 5.32 Å². The Kier molecular flexibility index (Phi) is 6.25. The first kappa shape index (κ1) is 15.1. The second kappa shape index (κ2) is 6.62. The number of esters is 1. The molecular formula is C10H19NO4S. The van der Waals surface area contributed by atoms with E-state index >= 15 is 0 Å². The maximum absolute atomic E-state index is 11.4. The summed E-state index contributed by atoms with van der Waals surface area (Å²) in [6.07, 6.45) is -0.653. The molecular weight excluding hydrogens is 230 g/mol. The molecule has 1 N–H and O–H groups in total. The molecule has 5 nitrogen and oxygen atoms in total. The molecule has 0 saturated carbocycles. The number of nitrogens with one attached hydrogen (secondary N) is 1. The van der Waals surface area contributed by atoms with E-state index in [1.54, 1.807) is 27.7 Å². The Morgan fingerprint density at radius 3 is 2.31 bits per heavy atom. The van der Waals surface area contributed by atoms with Crippen LogP contribution in [0.5, 0.6) is 0 Å². The second-order valence-corrected chi connectivity index (χ2v) is 4.50. The van der Waals surface area contributed by atoms with Crippen molar-refractivity contribution < 1.29 is 19.1 Å². The predicted molar refractivity (Wildman–Crippen MR) is 63.6 cm³/mol. The lowest BCUT2D eigenvalue weighted by molar-refractivity contribution is -0.144. The molecule has 16 heavy (non-hydrogen) atoms. The Hall–Kier alpha value is -0.910. The van der Waals surface area contributed by atoms with Gasteiger partial charge in [-0.3, -0.25) is 0 Å².